The van der Waals surface area contributed by atoms with Crippen LogP contribution in [0.5, 0.6) is 5.75 Å². The van der Waals surface area contributed by atoms with Gasteiger partial charge in [0.25, 0.3) is 0 Å². The first-order valence-corrected chi connectivity index (χ1v) is 8.68. The van der Waals surface area contributed by atoms with Crippen molar-refractivity contribution in [3.8, 4) is 5.75 Å². The van der Waals surface area contributed by atoms with Crippen molar-refractivity contribution in [2.45, 2.75) is 12.6 Å². The molecule has 1 aliphatic rings. The van der Waals surface area contributed by atoms with E-state index in [1.165, 1.54) is 0 Å². The summed E-state index contributed by atoms with van der Waals surface area (Å²) < 4.78 is 7.56. The van der Waals surface area contributed by atoms with Gasteiger partial charge in [0.2, 0.25) is 0 Å². The number of para-hydroxylation sites is 2. The van der Waals surface area contributed by atoms with Gasteiger partial charge in [-0.05, 0) is 29.8 Å². The van der Waals surface area contributed by atoms with E-state index < -0.39 is 0 Å². The molecule has 0 saturated heterocycles. The number of carbonyl (C=O) groups excluding carboxylic acids is 1. The maximum Gasteiger partial charge on any atom is 0.322 e. The average molecular weight is 347 g/mol. The lowest BCUT2D eigenvalue weighted by atomic mass is 10.0. The maximum absolute atomic E-state index is 13.1. The van der Waals surface area contributed by atoms with Crippen molar-refractivity contribution >= 4 is 11.7 Å². The van der Waals surface area contributed by atoms with E-state index in [4.69, 9.17) is 4.74 Å². The Morgan fingerprint density at radius 2 is 1.77 bits per heavy atom. The molecule has 0 bridgehead atoms. The van der Waals surface area contributed by atoms with Crippen LogP contribution in [0.4, 0.5) is 10.5 Å². The van der Waals surface area contributed by atoms with E-state index in [-0.39, 0.29) is 12.1 Å². The quantitative estimate of drug-likeness (QED) is 0.774. The first-order valence-electron chi connectivity index (χ1n) is 8.68. The summed E-state index contributed by atoms with van der Waals surface area (Å²) in [5.41, 5.74) is 2.90. The molecule has 2 heterocycles. The molecule has 26 heavy (non-hydrogen) atoms. The number of hydrogen-bond acceptors (Lipinski definition) is 2. The Morgan fingerprint density at radius 1 is 1.00 bits per heavy atom. The summed E-state index contributed by atoms with van der Waals surface area (Å²) in [5.74, 6) is 0.650. The van der Waals surface area contributed by atoms with Gasteiger partial charge < -0.3 is 19.5 Å². The summed E-state index contributed by atoms with van der Waals surface area (Å²) in [4.78, 5) is 15.0. The monoisotopic (exact) mass is 347 g/mol. The molecule has 132 valence electrons. The standard InChI is InChI=1S/C21H21N3O2/c1-26-19-12-6-5-10-17(19)22-21(25)24-15-14-23-13-7-11-18(23)20(24)16-8-3-2-4-9-16/h2-13,20H,14-15H2,1H3,(H,22,25)/t20-/m0/s1. The van der Waals surface area contributed by atoms with E-state index >= 15 is 0 Å². The minimum atomic E-state index is -0.129. The molecule has 0 spiro atoms. The van der Waals surface area contributed by atoms with Crippen molar-refractivity contribution in [3.63, 3.8) is 0 Å². The molecule has 1 aromatic heterocycles. The zero-order valence-corrected chi connectivity index (χ0v) is 14.6. The lowest BCUT2D eigenvalue weighted by Crippen LogP contribution is -2.44. The average Bonchev–Trinajstić information content (AvgIpc) is 3.17. The first kappa shape index (κ1) is 16.3. The third-order valence-corrected chi connectivity index (χ3v) is 4.76. The Hall–Kier alpha value is -3.21. The first-order chi connectivity index (χ1) is 12.8. The fraction of sp³-hybridized carbons (Fsp3) is 0.190. The van der Waals surface area contributed by atoms with Gasteiger partial charge in [-0.2, -0.15) is 0 Å². The van der Waals surface area contributed by atoms with Crippen LogP contribution in [-0.4, -0.2) is 29.2 Å². The highest BCUT2D eigenvalue weighted by molar-refractivity contribution is 5.91. The number of fused-ring (bicyclic) bond motifs is 1. The van der Waals surface area contributed by atoms with Gasteiger partial charge in [-0.25, -0.2) is 4.79 Å². The zero-order valence-electron chi connectivity index (χ0n) is 14.6. The molecule has 3 aromatic rings. The summed E-state index contributed by atoms with van der Waals surface area (Å²) in [6, 6.07) is 21.5. The van der Waals surface area contributed by atoms with Crippen LogP contribution in [0.3, 0.4) is 0 Å². The molecule has 1 N–H and O–H groups in total. The highest BCUT2D eigenvalue weighted by Crippen LogP contribution is 2.33. The SMILES string of the molecule is COc1ccccc1NC(=O)N1CCn2cccc2[C@@H]1c1ccccc1. The summed E-state index contributed by atoms with van der Waals surface area (Å²) in [7, 11) is 1.60. The maximum atomic E-state index is 13.1. The molecule has 2 amide bonds. The lowest BCUT2D eigenvalue weighted by molar-refractivity contribution is 0.181. The third kappa shape index (κ3) is 2.92. The number of carbonyl (C=O) groups is 1. The second-order valence-electron chi connectivity index (χ2n) is 6.26. The van der Waals surface area contributed by atoms with E-state index in [2.05, 4.69) is 34.3 Å². The molecule has 1 aliphatic heterocycles. The number of rotatable bonds is 3. The predicted octanol–water partition coefficient (Wildman–Crippen LogP) is 4.13. The minimum Gasteiger partial charge on any atom is -0.495 e. The topological polar surface area (TPSA) is 46.5 Å². The molecular formula is C21H21N3O2. The summed E-state index contributed by atoms with van der Waals surface area (Å²) in [6.07, 6.45) is 2.07. The Morgan fingerprint density at radius 3 is 2.58 bits per heavy atom. The van der Waals surface area contributed by atoms with Crippen LogP contribution in [0, 0.1) is 0 Å². The highest BCUT2D eigenvalue weighted by atomic mass is 16.5. The normalized spacial score (nSPS) is 16.0. The molecule has 4 rings (SSSR count). The van der Waals surface area contributed by atoms with Crippen molar-refractivity contribution in [2.75, 3.05) is 19.0 Å². The Balaban J connectivity index is 1.67. The Bertz CT molecular complexity index is 904. The number of anilines is 1. The molecule has 0 aliphatic carbocycles. The fourth-order valence-electron chi connectivity index (χ4n) is 3.52. The van der Waals surface area contributed by atoms with E-state index in [1.54, 1.807) is 7.11 Å². The zero-order chi connectivity index (χ0) is 17.9. The number of ether oxygens (including phenoxy) is 1. The number of nitrogens with zero attached hydrogens (tertiary/aromatic N) is 2. The second-order valence-corrected chi connectivity index (χ2v) is 6.26. The number of nitrogens with one attached hydrogen (secondary N) is 1. The van der Waals surface area contributed by atoms with Crippen LogP contribution < -0.4 is 10.1 Å². The number of amides is 2. The van der Waals surface area contributed by atoms with Crippen LogP contribution >= 0.6 is 0 Å². The Labute approximate surface area is 152 Å². The predicted molar refractivity (Wildman–Crippen MR) is 101 cm³/mol. The van der Waals surface area contributed by atoms with Gasteiger partial charge in [-0.15, -0.1) is 0 Å². The van der Waals surface area contributed by atoms with Gasteiger partial charge in [0.1, 0.15) is 5.75 Å². The highest BCUT2D eigenvalue weighted by Gasteiger charge is 2.32. The van der Waals surface area contributed by atoms with Gasteiger partial charge in [0.05, 0.1) is 18.8 Å². The smallest absolute Gasteiger partial charge is 0.322 e. The molecule has 0 saturated carbocycles. The number of urea groups is 1. The van der Waals surface area contributed by atoms with Gasteiger partial charge in [-0.1, -0.05) is 42.5 Å². The Kier molecular flexibility index (Phi) is 4.35. The largest absolute Gasteiger partial charge is 0.495 e. The number of aromatic nitrogens is 1. The van der Waals surface area contributed by atoms with Crippen LogP contribution in [0.25, 0.3) is 0 Å². The van der Waals surface area contributed by atoms with E-state index in [9.17, 15) is 4.79 Å². The minimum absolute atomic E-state index is 0.116. The number of hydrogen-bond donors (Lipinski definition) is 1. The van der Waals surface area contributed by atoms with Crippen molar-refractivity contribution < 1.29 is 9.53 Å². The molecule has 5 heteroatoms. The van der Waals surface area contributed by atoms with Crippen LogP contribution in [-0.2, 0) is 6.54 Å². The van der Waals surface area contributed by atoms with Crippen molar-refractivity contribution in [1.29, 1.82) is 0 Å². The van der Waals surface area contributed by atoms with E-state index in [1.807, 2.05) is 53.4 Å². The van der Waals surface area contributed by atoms with Gasteiger partial charge in [-0.3, -0.25) is 0 Å². The van der Waals surface area contributed by atoms with Crippen LogP contribution in [0.1, 0.15) is 17.3 Å². The number of methoxy groups -OCH3 is 1. The number of benzene rings is 2. The molecule has 1 atom stereocenters. The van der Waals surface area contributed by atoms with Crippen LogP contribution in [0.15, 0.2) is 72.9 Å². The summed E-state index contributed by atoms with van der Waals surface area (Å²) >= 11 is 0. The second kappa shape index (κ2) is 6.96. The van der Waals surface area contributed by atoms with Crippen molar-refractivity contribution in [2.24, 2.45) is 0 Å². The fourth-order valence-corrected chi connectivity index (χ4v) is 3.52. The molecular weight excluding hydrogens is 326 g/mol. The van der Waals surface area contributed by atoms with Gasteiger partial charge >= 0.3 is 6.03 Å². The van der Waals surface area contributed by atoms with E-state index in [0.29, 0.717) is 18.0 Å². The molecule has 0 fully saturated rings. The lowest BCUT2D eigenvalue weighted by Gasteiger charge is -2.37. The van der Waals surface area contributed by atoms with Crippen molar-refractivity contribution in [1.82, 2.24) is 9.47 Å². The van der Waals surface area contributed by atoms with Crippen LogP contribution in [0.2, 0.25) is 0 Å². The summed E-state index contributed by atoms with van der Waals surface area (Å²) in [6.45, 7) is 1.42. The van der Waals surface area contributed by atoms with Gasteiger partial charge in [0, 0.05) is 25.0 Å². The van der Waals surface area contributed by atoms with E-state index in [0.717, 1.165) is 17.8 Å². The molecule has 5 nitrogen and oxygen atoms in total. The summed E-state index contributed by atoms with van der Waals surface area (Å²) in [5, 5.41) is 3.01. The van der Waals surface area contributed by atoms with Crippen molar-refractivity contribution in [3.05, 3.63) is 84.2 Å². The molecule has 2 aromatic carbocycles. The van der Waals surface area contributed by atoms with Gasteiger partial charge in [0.15, 0.2) is 0 Å². The molecule has 0 unspecified atom stereocenters. The molecule has 0 radical (unpaired) electrons. The third-order valence-electron chi connectivity index (χ3n) is 4.76.